The predicted octanol–water partition coefficient (Wildman–Crippen LogP) is -0.286. The molecule has 0 bridgehead atoms. The van der Waals surface area contributed by atoms with Gasteiger partial charge >= 0.3 is 0 Å². The molecule has 1 aromatic rings. The summed E-state index contributed by atoms with van der Waals surface area (Å²) in [6, 6.07) is 1.61. The second-order valence-electron chi connectivity index (χ2n) is 4.54. The standard InChI is InChI=1S/C11H22N4O2S/c1-14(2)6-4-5-13-18(16,17)11-7-10(8-12)15(3)9-11/h7,9,13H,4-6,8,12H2,1-3H3. The lowest BCUT2D eigenvalue weighted by Gasteiger charge is -2.09. The molecule has 6 nitrogen and oxygen atoms in total. The molecule has 0 saturated carbocycles. The van der Waals surface area contributed by atoms with Gasteiger partial charge in [-0.05, 0) is 33.1 Å². The number of hydrogen-bond acceptors (Lipinski definition) is 4. The molecule has 0 amide bonds. The van der Waals surface area contributed by atoms with Crippen molar-refractivity contribution in [3.8, 4) is 0 Å². The van der Waals surface area contributed by atoms with Crippen molar-refractivity contribution in [2.24, 2.45) is 12.8 Å². The zero-order valence-corrected chi connectivity index (χ0v) is 12.0. The second-order valence-corrected chi connectivity index (χ2v) is 6.30. The van der Waals surface area contributed by atoms with Crippen molar-refractivity contribution in [1.82, 2.24) is 14.2 Å². The van der Waals surface area contributed by atoms with E-state index in [2.05, 4.69) is 4.72 Å². The van der Waals surface area contributed by atoms with Crippen LogP contribution in [0.2, 0.25) is 0 Å². The van der Waals surface area contributed by atoms with Crippen LogP contribution in [0.15, 0.2) is 17.2 Å². The zero-order chi connectivity index (χ0) is 13.8. The molecule has 0 aliphatic rings. The molecule has 1 aromatic heterocycles. The molecule has 0 unspecified atom stereocenters. The number of nitrogens with zero attached hydrogens (tertiary/aromatic N) is 2. The number of nitrogens with one attached hydrogen (secondary N) is 1. The number of aryl methyl sites for hydroxylation is 1. The van der Waals surface area contributed by atoms with Gasteiger partial charge < -0.3 is 15.2 Å². The molecule has 0 fully saturated rings. The second kappa shape index (κ2) is 6.33. The third-order valence-electron chi connectivity index (χ3n) is 2.68. The molecule has 0 aliphatic carbocycles. The van der Waals surface area contributed by atoms with Crippen molar-refractivity contribution in [1.29, 1.82) is 0 Å². The van der Waals surface area contributed by atoms with E-state index in [-0.39, 0.29) is 4.90 Å². The van der Waals surface area contributed by atoms with Gasteiger partial charge in [-0.3, -0.25) is 0 Å². The molecule has 1 heterocycles. The van der Waals surface area contributed by atoms with Gasteiger partial charge in [0.25, 0.3) is 0 Å². The number of rotatable bonds is 7. The van der Waals surface area contributed by atoms with Crippen LogP contribution in [-0.4, -0.2) is 45.1 Å². The number of hydrogen-bond donors (Lipinski definition) is 2. The van der Waals surface area contributed by atoms with Crippen LogP contribution in [-0.2, 0) is 23.6 Å². The van der Waals surface area contributed by atoms with Gasteiger partial charge in [0.15, 0.2) is 0 Å². The monoisotopic (exact) mass is 274 g/mol. The molecule has 0 atom stereocenters. The summed E-state index contributed by atoms with van der Waals surface area (Å²) in [5.74, 6) is 0. The van der Waals surface area contributed by atoms with E-state index >= 15 is 0 Å². The Hall–Kier alpha value is -0.890. The van der Waals surface area contributed by atoms with E-state index in [9.17, 15) is 8.42 Å². The van der Waals surface area contributed by atoms with Crippen LogP contribution < -0.4 is 10.5 Å². The van der Waals surface area contributed by atoms with E-state index in [1.165, 1.54) is 0 Å². The Labute approximate surface area is 109 Å². The molecular formula is C11H22N4O2S. The van der Waals surface area contributed by atoms with Gasteiger partial charge in [0, 0.05) is 32.0 Å². The Morgan fingerprint density at radius 2 is 2.11 bits per heavy atom. The van der Waals surface area contributed by atoms with Gasteiger partial charge in [-0.2, -0.15) is 0 Å². The maximum Gasteiger partial charge on any atom is 0.242 e. The van der Waals surface area contributed by atoms with Crippen LogP contribution in [0, 0.1) is 0 Å². The largest absolute Gasteiger partial charge is 0.352 e. The lowest BCUT2D eigenvalue weighted by Crippen LogP contribution is -2.27. The summed E-state index contributed by atoms with van der Waals surface area (Å²) in [6.45, 7) is 1.62. The maximum absolute atomic E-state index is 12.0. The average Bonchev–Trinajstić information content (AvgIpc) is 2.66. The van der Waals surface area contributed by atoms with Crippen LogP contribution in [0.5, 0.6) is 0 Å². The first-order valence-electron chi connectivity index (χ1n) is 5.86. The lowest BCUT2D eigenvalue weighted by atomic mass is 10.4. The maximum atomic E-state index is 12.0. The highest BCUT2D eigenvalue weighted by Gasteiger charge is 2.16. The van der Waals surface area contributed by atoms with E-state index in [0.29, 0.717) is 13.1 Å². The van der Waals surface area contributed by atoms with Crippen LogP contribution in [0.3, 0.4) is 0 Å². The van der Waals surface area contributed by atoms with Gasteiger partial charge in [-0.15, -0.1) is 0 Å². The smallest absolute Gasteiger partial charge is 0.242 e. The van der Waals surface area contributed by atoms with Crippen molar-refractivity contribution >= 4 is 10.0 Å². The summed E-state index contributed by atoms with van der Waals surface area (Å²) in [7, 11) is 2.29. The van der Waals surface area contributed by atoms with Crippen molar-refractivity contribution in [3.05, 3.63) is 18.0 Å². The van der Waals surface area contributed by atoms with Crippen LogP contribution in [0.25, 0.3) is 0 Å². The van der Waals surface area contributed by atoms with Crippen molar-refractivity contribution in [3.63, 3.8) is 0 Å². The Morgan fingerprint density at radius 3 is 2.61 bits per heavy atom. The molecule has 0 spiro atoms. The minimum absolute atomic E-state index is 0.273. The van der Waals surface area contributed by atoms with E-state index < -0.39 is 10.0 Å². The van der Waals surface area contributed by atoms with Crippen molar-refractivity contribution < 1.29 is 8.42 Å². The third kappa shape index (κ3) is 4.09. The van der Waals surface area contributed by atoms with Crippen molar-refractivity contribution in [2.45, 2.75) is 17.9 Å². The summed E-state index contributed by atoms with van der Waals surface area (Å²) in [6.07, 6.45) is 2.36. The van der Waals surface area contributed by atoms with Crippen molar-refractivity contribution in [2.75, 3.05) is 27.2 Å². The fraction of sp³-hybridized carbons (Fsp3) is 0.636. The molecule has 104 valence electrons. The van der Waals surface area contributed by atoms with Gasteiger partial charge in [0.2, 0.25) is 10.0 Å². The van der Waals surface area contributed by atoms with Crippen LogP contribution in [0.1, 0.15) is 12.1 Å². The summed E-state index contributed by atoms with van der Waals surface area (Å²) in [4.78, 5) is 2.29. The lowest BCUT2D eigenvalue weighted by molar-refractivity contribution is 0.400. The number of nitrogens with two attached hydrogens (primary N) is 1. The number of aromatic nitrogens is 1. The fourth-order valence-corrected chi connectivity index (χ4v) is 2.78. The summed E-state index contributed by atoms with van der Waals surface area (Å²) in [5, 5.41) is 0. The Bertz CT molecular complexity index is 479. The van der Waals surface area contributed by atoms with Gasteiger partial charge in [-0.25, -0.2) is 13.1 Å². The molecule has 18 heavy (non-hydrogen) atoms. The highest BCUT2D eigenvalue weighted by Crippen LogP contribution is 2.12. The van der Waals surface area contributed by atoms with E-state index in [4.69, 9.17) is 5.73 Å². The fourth-order valence-electron chi connectivity index (χ4n) is 1.61. The molecule has 0 saturated heterocycles. The number of sulfonamides is 1. The van der Waals surface area contributed by atoms with Crippen LogP contribution >= 0.6 is 0 Å². The molecule has 0 aliphatic heterocycles. The normalized spacial score (nSPS) is 12.3. The summed E-state index contributed by atoms with van der Waals surface area (Å²) < 4.78 is 28.3. The van der Waals surface area contributed by atoms with E-state index in [0.717, 1.165) is 18.7 Å². The third-order valence-corrected chi connectivity index (χ3v) is 4.10. The van der Waals surface area contributed by atoms with Gasteiger partial charge in [0.1, 0.15) is 0 Å². The Morgan fingerprint density at radius 1 is 1.44 bits per heavy atom. The molecule has 1 rings (SSSR count). The molecule has 0 radical (unpaired) electrons. The van der Waals surface area contributed by atoms with Gasteiger partial charge in [-0.1, -0.05) is 0 Å². The average molecular weight is 274 g/mol. The zero-order valence-electron chi connectivity index (χ0n) is 11.2. The highest BCUT2D eigenvalue weighted by molar-refractivity contribution is 7.89. The molecule has 7 heteroatoms. The minimum atomic E-state index is -3.41. The topological polar surface area (TPSA) is 80.4 Å². The van der Waals surface area contributed by atoms with E-state index in [1.54, 1.807) is 23.9 Å². The molecule has 3 N–H and O–H groups in total. The quantitative estimate of drug-likeness (QED) is 0.670. The summed E-state index contributed by atoms with van der Waals surface area (Å²) >= 11 is 0. The first-order chi connectivity index (χ1) is 8.36. The first-order valence-corrected chi connectivity index (χ1v) is 7.35. The minimum Gasteiger partial charge on any atom is -0.352 e. The van der Waals surface area contributed by atoms with E-state index in [1.807, 2.05) is 19.0 Å². The predicted molar refractivity (Wildman–Crippen MR) is 71.7 cm³/mol. The SMILES string of the molecule is CN(C)CCCNS(=O)(=O)c1cc(CN)n(C)c1. The Balaban J connectivity index is 2.62. The van der Waals surface area contributed by atoms with Gasteiger partial charge in [0.05, 0.1) is 4.90 Å². The molecular weight excluding hydrogens is 252 g/mol. The molecule has 0 aromatic carbocycles. The highest BCUT2D eigenvalue weighted by atomic mass is 32.2. The summed E-state index contributed by atoms with van der Waals surface area (Å²) in [5.41, 5.74) is 6.32. The van der Waals surface area contributed by atoms with Crippen LogP contribution in [0.4, 0.5) is 0 Å². The first kappa shape index (κ1) is 15.2. The Kier molecular flexibility index (Phi) is 5.33.